The van der Waals surface area contributed by atoms with Crippen molar-refractivity contribution in [2.24, 2.45) is 12.0 Å². The third kappa shape index (κ3) is 6.38. The first kappa shape index (κ1) is 21.4. The lowest BCUT2D eigenvalue weighted by Crippen LogP contribution is -2.44. The third-order valence-electron chi connectivity index (χ3n) is 4.27. The molecule has 0 radical (unpaired) electrons. The molecular formula is C20H30N6O2. The maximum Gasteiger partial charge on any atom is 0.246 e. The van der Waals surface area contributed by atoms with Crippen LogP contribution in [0.15, 0.2) is 41.7 Å². The number of nitrogens with one attached hydrogen (secondary N) is 3. The molecule has 1 unspecified atom stereocenters. The second-order valence-corrected chi connectivity index (χ2v) is 6.83. The number of aryl methyl sites for hydroxylation is 2. The molecule has 0 saturated heterocycles. The fraction of sp³-hybridized carbons (Fsp3) is 0.450. The van der Waals surface area contributed by atoms with Gasteiger partial charge >= 0.3 is 0 Å². The lowest BCUT2D eigenvalue weighted by atomic mass is 10.00. The minimum Gasteiger partial charge on any atom is -0.383 e. The van der Waals surface area contributed by atoms with Crippen LogP contribution in [0.4, 0.5) is 5.69 Å². The van der Waals surface area contributed by atoms with Gasteiger partial charge in [-0.3, -0.25) is 9.48 Å². The Bertz CT molecular complexity index is 813. The van der Waals surface area contributed by atoms with Crippen molar-refractivity contribution >= 4 is 17.6 Å². The van der Waals surface area contributed by atoms with Crippen molar-refractivity contribution in [3.05, 3.63) is 47.8 Å². The van der Waals surface area contributed by atoms with E-state index in [9.17, 15) is 9.90 Å². The summed E-state index contributed by atoms with van der Waals surface area (Å²) in [4.78, 5) is 16.5. The number of benzene rings is 1. The number of aliphatic hydroxyl groups is 1. The molecule has 2 aromatic rings. The number of guanidine groups is 1. The highest BCUT2D eigenvalue weighted by atomic mass is 16.3. The molecule has 1 heterocycles. The number of hydrogen-bond donors (Lipinski definition) is 4. The van der Waals surface area contributed by atoms with Crippen molar-refractivity contribution in [3.8, 4) is 0 Å². The minimum atomic E-state index is -1.12. The van der Waals surface area contributed by atoms with Gasteiger partial charge in [0.25, 0.3) is 0 Å². The number of nitrogens with zero attached hydrogens (tertiary/aromatic N) is 3. The Morgan fingerprint density at radius 1 is 1.32 bits per heavy atom. The van der Waals surface area contributed by atoms with Gasteiger partial charge in [0, 0.05) is 31.0 Å². The van der Waals surface area contributed by atoms with Crippen LogP contribution in [0.25, 0.3) is 0 Å². The van der Waals surface area contributed by atoms with E-state index < -0.39 is 5.60 Å². The Hall–Kier alpha value is -2.87. The normalized spacial score (nSPS) is 13.7. The second-order valence-electron chi connectivity index (χ2n) is 6.83. The van der Waals surface area contributed by atoms with Gasteiger partial charge in [-0.15, -0.1) is 0 Å². The summed E-state index contributed by atoms with van der Waals surface area (Å²) in [6, 6.07) is 7.75. The van der Waals surface area contributed by atoms with E-state index in [-0.39, 0.29) is 19.0 Å². The first-order valence-electron chi connectivity index (χ1n) is 9.46. The number of hydrogen-bond acceptors (Lipinski definition) is 4. The van der Waals surface area contributed by atoms with Crippen molar-refractivity contribution in [1.82, 2.24) is 20.4 Å². The summed E-state index contributed by atoms with van der Waals surface area (Å²) in [5.41, 5.74) is 1.51. The predicted molar refractivity (Wildman–Crippen MR) is 111 cm³/mol. The van der Waals surface area contributed by atoms with Crippen molar-refractivity contribution in [3.63, 3.8) is 0 Å². The molecule has 1 aromatic carbocycles. The molecule has 0 spiro atoms. The molecule has 8 nitrogen and oxygen atoms in total. The van der Waals surface area contributed by atoms with Crippen LogP contribution in [-0.4, -0.2) is 46.4 Å². The van der Waals surface area contributed by atoms with Crippen molar-refractivity contribution < 1.29 is 9.90 Å². The average molecular weight is 387 g/mol. The molecule has 0 aliphatic heterocycles. The average Bonchev–Trinajstić information content (AvgIpc) is 3.11. The van der Waals surface area contributed by atoms with Crippen LogP contribution in [0, 0.1) is 0 Å². The van der Waals surface area contributed by atoms with Gasteiger partial charge in [-0.05, 0) is 38.0 Å². The van der Waals surface area contributed by atoms with Crippen LogP contribution < -0.4 is 16.0 Å². The van der Waals surface area contributed by atoms with E-state index in [4.69, 9.17) is 0 Å². The van der Waals surface area contributed by atoms with Crippen LogP contribution in [0.1, 0.15) is 31.9 Å². The highest BCUT2D eigenvalue weighted by molar-refractivity contribution is 5.94. The zero-order valence-corrected chi connectivity index (χ0v) is 17.0. The highest BCUT2D eigenvalue weighted by Gasteiger charge is 2.25. The molecular weight excluding hydrogens is 356 g/mol. The molecule has 0 aliphatic carbocycles. The largest absolute Gasteiger partial charge is 0.383 e. The van der Waals surface area contributed by atoms with Gasteiger partial charge < -0.3 is 21.1 Å². The van der Waals surface area contributed by atoms with Crippen LogP contribution in [0.5, 0.6) is 0 Å². The Kier molecular flexibility index (Phi) is 7.57. The highest BCUT2D eigenvalue weighted by Crippen LogP contribution is 2.18. The molecule has 1 aromatic heterocycles. The maximum atomic E-state index is 12.2. The number of rotatable bonds is 8. The molecule has 4 N–H and O–H groups in total. The van der Waals surface area contributed by atoms with Crippen molar-refractivity contribution in [2.75, 3.05) is 25.0 Å². The van der Waals surface area contributed by atoms with Gasteiger partial charge in [-0.1, -0.05) is 19.1 Å². The molecule has 8 heteroatoms. The quantitative estimate of drug-likeness (QED) is 0.405. The molecule has 28 heavy (non-hydrogen) atoms. The molecule has 0 saturated carbocycles. The summed E-state index contributed by atoms with van der Waals surface area (Å²) in [6.45, 7) is 6.55. The second kappa shape index (κ2) is 9.89. The zero-order chi connectivity index (χ0) is 20.6. The number of aliphatic imine (C=N–C) groups is 1. The molecule has 1 atom stereocenters. The lowest BCUT2D eigenvalue weighted by molar-refractivity contribution is -0.114. The molecule has 152 valence electrons. The van der Waals surface area contributed by atoms with Crippen LogP contribution >= 0.6 is 0 Å². The minimum absolute atomic E-state index is 0.0271. The van der Waals surface area contributed by atoms with Crippen molar-refractivity contribution in [2.45, 2.75) is 32.8 Å². The Balaban J connectivity index is 1.94. The summed E-state index contributed by atoms with van der Waals surface area (Å²) in [5, 5.41) is 23.8. The Morgan fingerprint density at radius 3 is 2.75 bits per heavy atom. The smallest absolute Gasteiger partial charge is 0.246 e. The van der Waals surface area contributed by atoms with Gasteiger partial charge in [0.1, 0.15) is 12.1 Å². The summed E-state index contributed by atoms with van der Waals surface area (Å²) in [5.74, 6) is 0.258. The van der Waals surface area contributed by atoms with Crippen LogP contribution in [-0.2, 0) is 23.9 Å². The first-order chi connectivity index (χ1) is 13.3. The van der Waals surface area contributed by atoms with E-state index in [0.29, 0.717) is 18.1 Å². The number of carbonyl (C=O) groups is 1. The number of carbonyl (C=O) groups excluding carboxylic acids is 1. The summed E-state index contributed by atoms with van der Waals surface area (Å²) in [7, 11) is 1.80. The zero-order valence-electron chi connectivity index (χ0n) is 17.0. The van der Waals surface area contributed by atoms with E-state index in [1.165, 1.54) is 0 Å². The summed E-state index contributed by atoms with van der Waals surface area (Å²) in [6.07, 6.45) is 4.31. The summed E-state index contributed by atoms with van der Waals surface area (Å²) < 4.78 is 1.64. The van der Waals surface area contributed by atoms with E-state index in [1.54, 1.807) is 31.0 Å². The van der Waals surface area contributed by atoms with Gasteiger partial charge in [0.2, 0.25) is 5.91 Å². The Morgan fingerprint density at radius 2 is 2.11 bits per heavy atom. The van der Waals surface area contributed by atoms with E-state index in [0.717, 1.165) is 17.7 Å². The maximum absolute atomic E-state index is 12.2. The first-order valence-corrected chi connectivity index (χ1v) is 9.46. The molecule has 0 fully saturated rings. The van der Waals surface area contributed by atoms with Gasteiger partial charge in [0.15, 0.2) is 5.96 Å². The van der Waals surface area contributed by atoms with Crippen molar-refractivity contribution in [1.29, 1.82) is 0 Å². The fourth-order valence-electron chi connectivity index (χ4n) is 2.62. The SMILES string of the molecule is CCNC(=NCC(=O)Nc1cccc(CC)c1)NCC(C)(O)c1cnn(C)c1. The van der Waals surface area contributed by atoms with E-state index >= 15 is 0 Å². The third-order valence-corrected chi connectivity index (χ3v) is 4.27. The van der Waals surface area contributed by atoms with Crippen LogP contribution in [0.2, 0.25) is 0 Å². The number of anilines is 1. The lowest BCUT2D eigenvalue weighted by Gasteiger charge is -2.23. The van der Waals surface area contributed by atoms with E-state index in [2.05, 4.69) is 33.0 Å². The standard InChI is InChI=1S/C20H30N6O2/c1-5-15-8-7-9-17(10-15)25-18(27)12-22-19(21-6-2)23-14-20(3,28)16-11-24-26(4)13-16/h7-11,13,28H,5-6,12,14H2,1-4H3,(H,25,27)(H2,21,22,23). The molecule has 0 bridgehead atoms. The number of aromatic nitrogens is 2. The van der Waals surface area contributed by atoms with Gasteiger partial charge in [0.05, 0.1) is 12.7 Å². The number of amides is 1. The summed E-state index contributed by atoms with van der Waals surface area (Å²) >= 11 is 0. The fourth-order valence-corrected chi connectivity index (χ4v) is 2.62. The van der Waals surface area contributed by atoms with Gasteiger partial charge in [-0.25, -0.2) is 4.99 Å². The van der Waals surface area contributed by atoms with E-state index in [1.807, 2.05) is 31.2 Å². The monoisotopic (exact) mass is 386 g/mol. The molecule has 0 aliphatic rings. The predicted octanol–water partition coefficient (Wildman–Crippen LogP) is 1.38. The topological polar surface area (TPSA) is 104 Å². The van der Waals surface area contributed by atoms with Crippen LogP contribution in [0.3, 0.4) is 0 Å². The van der Waals surface area contributed by atoms with Gasteiger partial charge in [-0.2, -0.15) is 5.10 Å². The molecule has 1 amide bonds. The molecule has 2 rings (SSSR count). The Labute approximate surface area is 166 Å².